The van der Waals surface area contributed by atoms with Crippen molar-refractivity contribution < 1.29 is 9.66 Å². The van der Waals surface area contributed by atoms with Gasteiger partial charge in [-0.3, -0.25) is 10.1 Å². The normalized spacial score (nSPS) is 12.6. The Morgan fingerprint density at radius 2 is 2.40 bits per heavy atom. The number of methoxy groups -OCH3 is 1. The van der Waals surface area contributed by atoms with Crippen LogP contribution in [0.1, 0.15) is 13.3 Å². The molecule has 0 aromatic rings. The number of hydrogen-bond acceptors (Lipinski definition) is 4. The van der Waals surface area contributed by atoms with E-state index in [4.69, 9.17) is 5.41 Å². The standard InChI is InChI=1S/C5H10N2O3/c1-4(6)3-5(10-2)7(8)9/h5-6H,3H2,1-2H3. The minimum absolute atomic E-state index is 0.0590. The molecule has 1 unspecified atom stereocenters. The molecule has 58 valence electrons. The topological polar surface area (TPSA) is 76.2 Å². The van der Waals surface area contributed by atoms with E-state index in [2.05, 4.69) is 4.74 Å². The number of ether oxygens (including phenoxy) is 1. The molecule has 10 heavy (non-hydrogen) atoms. The Labute approximate surface area is 58.7 Å². The third-order valence-electron chi connectivity index (χ3n) is 0.988. The molecule has 0 bridgehead atoms. The van der Waals surface area contributed by atoms with Crippen molar-refractivity contribution in [2.45, 2.75) is 19.6 Å². The lowest BCUT2D eigenvalue weighted by molar-refractivity contribution is -0.571. The lowest BCUT2D eigenvalue weighted by Gasteiger charge is -2.04. The Balaban J connectivity index is 3.83. The van der Waals surface area contributed by atoms with Crippen LogP contribution < -0.4 is 0 Å². The fraction of sp³-hybridized carbons (Fsp3) is 0.800. The van der Waals surface area contributed by atoms with E-state index in [0.717, 1.165) is 0 Å². The first-order valence-corrected chi connectivity index (χ1v) is 2.78. The number of hydrogen-bond donors (Lipinski definition) is 1. The third kappa shape index (κ3) is 3.13. The van der Waals surface area contributed by atoms with Gasteiger partial charge in [-0.15, -0.1) is 0 Å². The molecule has 0 rings (SSSR count). The monoisotopic (exact) mass is 146 g/mol. The molecular formula is C5H10N2O3. The lowest BCUT2D eigenvalue weighted by Crippen LogP contribution is -2.23. The zero-order valence-corrected chi connectivity index (χ0v) is 5.96. The molecule has 5 heteroatoms. The van der Waals surface area contributed by atoms with E-state index < -0.39 is 11.2 Å². The van der Waals surface area contributed by atoms with Crippen LogP contribution in [0.3, 0.4) is 0 Å². The maximum atomic E-state index is 10.0. The van der Waals surface area contributed by atoms with Gasteiger partial charge in [-0.05, 0) is 6.92 Å². The first-order valence-electron chi connectivity index (χ1n) is 2.78. The SMILES string of the molecule is COC(CC(C)=N)[N+](=O)[O-]. The van der Waals surface area contributed by atoms with Crippen LogP contribution >= 0.6 is 0 Å². The fourth-order valence-corrected chi connectivity index (χ4v) is 0.506. The summed E-state index contributed by atoms with van der Waals surface area (Å²) in [5, 5.41) is 17.0. The van der Waals surface area contributed by atoms with Gasteiger partial charge in [0, 0.05) is 12.8 Å². The van der Waals surface area contributed by atoms with E-state index in [-0.39, 0.29) is 12.1 Å². The highest BCUT2D eigenvalue weighted by atomic mass is 16.7. The van der Waals surface area contributed by atoms with Gasteiger partial charge in [-0.25, -0.2) is 0 Å². The summed E-state index contributed by atoms with van der Waals surface area (Å²) in [7, 11) is 1.26. The van der Waals surface area contributed by atoms with Crippen LogP contribution in [-0.2, 0) is 4.74 Å². The van der Waals surface area contributed by atoms with E-state index in [1.54, 1.807) is 0 Å². The quantitative estimate of drug-likeness (QED) is 0.274. The second-order valence-corrected chi connectivity index (χ2v) is 1.96. The van der Waals surface area contributed by atoms with Gasteiger partial charge in [0.15, 0.2) is 0 Å². The summed E-state index contributed by atoms with van der Waals surface area (Å²) in [5.74, 6) is 0. The van der Waals surface area contributed by atoms with Crippen molar-refractivity contribution in [2.75, 3.05) is 7.11 Å². The molecular weight excluding hydrogens is 136 g/mol. The van der Waals surface area contributed by atoms with Gasteiger partial charge in [0.05, 0.1) is 11.3 Å². The van der Waals surface area contributed by atoms with Gasteiger partial charge in [0.1, 0.15) is 0 Å². The van der Waals surface area contributed by atoms with Crippen molar-refractivity contribution in [2.24, 2.45) is 0 Å². The lowest BCUT2D eigenvalue weighted by atomic mass is 10.3. The van der Waals surface area contributed by atoms with Crippen LogP contribution in [0.15, 0.2) is 0 Å². The van der Waals surface area contributed by atoms with Gasteiger partial charge < -0.3 is 10.1 Å². The first-order chi connectivity index (χ1) is 4.57. The molecule has 0 aliphatic rings. The molecule has 0 saturated heterocycles. The molecule has 1 atom stereocenters. The van der Waals surface area contributed by atoms with E-state index in [1.807, 2.05) is 0 Å². The summed E-state index contributed by atoms with van der Waals surface area (Å²) in [4.78, 5) is 9.51. The molecule has 0 saturated carbocycles. The number of nitrogens with one attached hydrogen (secondary N) is 1. The number of rotatable bonds is 4. The van der Waals surface area contributed by atoms with Crippen molar-refractivity contribution >= 4 is 5.71 Å². The largest absolute Gasteiger partial charge is 0.320 e. The molecule has 5 nitrogen and oxygen atoms in total. The smallest absolute Gasteiger partial charge is 0.320 e. The maximum Gasteiger partial charge on any atom is 0.320 e. The van der Waals surface area contributed by atoms with Crippen molar-refractivity contribution in [1.82, 2.24) is 0 Å². The average Bonchev–Trinajstić information content (AvgIpc) is 1.81. The maximum absolute atomic E-state index is 10.0. The van der Waals surface area contributed by atoms with Crippen LogP contribution in [0.2, 0.25) is 0 Å². The van der Waals surface area contributed by atoms with Crippen molar-refractivity contribution in [1.29, 1.82) is 5.41 Å². The molecule has 1 N–H and O–H groups in total. The highest BCUT2D eigenvalue weighted by molar-refractivity contribution is 5.78. The van der Waals surface area contributed by atoms with Crippen LogP contribution in [0, 0.1) is 15.5 Å². The summed E-state index contributed by atoms with van der Waals surface area (Å²) >= 11 is 0. The Morgan fingerprint density at radius 3 is 2.50 bits per heavy atom. The Kier molecular flexibility index (Phi) is 3.56. The summed E-state index contributed by atoms with van der Waals surface area (Å²) in [5.41, 5.74) is 0.253. The molecule has 0 heterocycles. The Hall–Kier alpha value is -0.970. The molecule has 0 spiro atoms. The summed E-state index contributed by atoms with van der Waals surface area (Å²) in [6.45, 7) is 1.51. The highest BCUT2D eigenvalue weighted by Crippen LogP contribution is 1.97. The van der Waals surface area contributed by atoms with Crippen LogP contribution in [0.4, 0.5) is 0 Å². The molecule has 0 radical (unpaired) electrons. The summed E-state index contributed by atoms with van der Waals surface area (Å²) in [6.07, 6.45) is -0.999. The zero-order chi connectivity index (χ0) is 8.15. The summed E-state index contributed by atoms with van der Waals surface area (Å²) in [6, 6.07) is 0. The van der Waals surface area contributed by atoms with Crippen molar-refractivity contribution in [3.05, 3.63) is 10.1 Å². The minimum Gasteiger partial charge on any atom is -0.320 e. The minimum atomic E-state index is -1.06. The predicted octanol–water partition coefficient (Wildman–Crippen LogP) is 0.665. The van der Waals surface area contributed by atoms with E-state index >= 15 is 0 Å². The van der Waals surface area contributed by atoms with Gasteiger partial charge in [0.25, 0.3) is 0 Å². The molecule has 0 aliphatic carbocycles. The number of nitrogens with zero attached hydrogens (tertiary/aromatic N) is 1. The van der Waals surface area contributed by atoms with Crippen molar-refractivity contribution in [3.8, 4) is 0 Å². The van der Waals surface area contributed by atoms with E-state index in [0.29, 0.717) is 0 Å². The van der Waals surface area contributed by atoms with E-state index in [9.17, 15) is 10.1 Å². The second kappa shape index (κ2) is 3.94. The highest BCUT2D eigenvalue weighted by Gasteiger charge is 2.18. The van der Waals surface area contributed by atoms with E-state index in [1.165, 1.54) is 14.0 Å². The second-order valence-electron chi connectivity index (χ2n) is 1.96. The van der Waals surface area contributed by atoms with Crippen molar-refractivity contribution in [3.63, 3.8) is 0 Å². The van der Waals surface area contributed by atoms with Crippen LogP contribution in [-0.4, -0.2) is 24.0 Å². The van der Waals surface area contributed by atoms with Crippen LogP contribution in [0.5, 0.6) is 0 Å². The zero-order valence-electron chi connectivity index (χ0n) is 5.96. The fourth-order valence-electron chi connectivity index (χ4n) is 0.506. The molecule has 0 fully saturated rings. The van der Waals surface area contributed by atoms with Gasteiger partial charge in [0.2, 0.25) is 0 Å². The van der Waals surface area contributed by atoms with Crippen LogP contribution in [0.25, 0.3) is 0 Å². The van der Waals surface area contributed by atoms with Gasteiger partial charge in [-0.2, -0.15) is 0 Å². The van der Waals surface area contributed by atoms with Gasteiger partial charge >= 0.3 is 6.23 Å². The third-order valence-corrected chi connectivity index (χ3v) is 0.988. The molecule has 0 amide bonds. The Bertz CT molecular complexity index is 146. The average molecular weight is 146 g/mol. The predicted molar refractivity (Wildman–Crippen MR) is 35.8 cm³/mol. The molecule has 0 aliphatic heterocycles. The number of nitro groups is 1. The Morgan fingerprint density at radius 1 is 1.90 bits per heavy atom. The summed E-state index contributed by atoms with van der Waals surface area (Å²) < 4.78 is 4.48. The van der Waals surface area contributed by atoms with Gasteiger partial charge in [-0.1, -0.05) is 0 Å². The molecule has 0 aromatic carbocycles. The molecule has 0 aromatic heterocycles. The first kappa shape index (κ1) is 9.03.